The molecular weight excluding hydrogens is 434 g/mol. The number of hydrogen-bond acceptors (Lipinski definition) is 5. The summed E-state index contributed by atoms with van der Waals surface area (Å²) >= 11 is 11.9. The van der Waals surface area contributed by atoms with Crippen molar-refractivity contribution in [2.75, 3.05) is 31.6 Å². The van der Waals surface area contributed by atoms with Crippen LogP contribution in [0.25, 0.3) is 0 Å². The Balaban J connectivity index is 1.48. The van der Waals surface area contributed by atoms with Crippen molar-refractivity contribution in [3.8, 4) is 11.5 Å². The lowest BCUT2D eigenvalue weighted by atomic mass is 10.2. The van der Waals surface area contributed by atoms with E-state index in [2.05, 4.69) is 10.2 Å². The maximum atomic E-state index is 13.5. The van der Waals surface area contributed by atoms with Gasteiger partial charge in [-0.25, -0.2) is 4.39 Å². The quantitative estimate of drug-likeness (QED) is 0.628. The van der Waals surface area contributed by atoms with Gasteiger partial charge in [0.15, 0.2) is 0 Å². The van der Waals surface area contributed by atoms with Crippen LogP contribution in [-0.2, 0) is 4.79 Å². The number of likely N-dealkylation sites (tertiary alicyclic amines) is 1. The van der Waals surface area contributed by atoms with Crippen LogP contribution in [0.3, 0.4) is 0 Å². The van der Waals surface area contributed by atoms with E-state index >= 15 is 0 Å². The zero-order valence-corrected chi connectivity index (χ0v) is 17.9. The van der Waals surface area contributed by atoms with Gasteiger partial charge in [-0.3, -0.25) is 9.69 Å². The minimum absolute atomic E-state index is 0.0232. The van der Waals surface area contributed by atoms with Crippen LogP contribution in [0.1, 0.15) is 13.3 Å². The Morgan fingerprint density at radius 1 is 1.30 bits per heavy atom. The number of nitrogens with zero attached hydrogens (tertiary/aromatic N) is 1. The molecule has 1 saturated heterocycles. The maximum Gasteiger partial charge on any atom is 0.221 e. The fraction of sp³-hybridized carbons (Fsp3) is 0.381. The number of ether oxygens (including phenoxy) is 2. The summed E-state index contributed by atoms with van der Waals surface area (Å²) in [6.45, 7) is 3.11. The highest BCUT2D eigenvalue weighted by Gasteiger charge is 2.26. The predicted octanol–water partition coefficient (Wildman–Crippen LogP) is 3.98. The minimum atomic E-state index is -0.790. The van der Waals surface area contributed by atoms with Crippen molar-refractivity contribution in [1.82, 2.24) is 4.90 Å². The first-order valence-electron chi connectivity index (χ1n) is 9.52. The van der Waals surface area contributed by atoms with E-state index in [0.29, 0.717) is 34.6 Å². The van der Waals surface area contributed by atoms with Crippen LogP contribution in [0.2, 0.25) is 10.0 Å². The number of hydrogen-bond donors (Lipinski definition) is 2. The molecular formula is C21H23Cl2FN2O4. The fourth-order valence-electron chi connectivity index (χ4n) is 3.25. The molecule has 0 saturated carbocycles. The predicted molar refractivity (Wildman–Crippen MR) is 114 cm³/mol. The summed E-state index contributed by atoms with van der Waals surface area (Å²) in [5, 5.41) is 13.8. The average Bonchev–Trinajstić information content (AvgIpc) is 3.11. The third-order valence-corrected chi connectivity index (χ3v) is 5.32. The van der Waals surface area contributed by atoms with Gasteiger partial charge < -0.3 is 19.9 Å². The summed E-state index contributed by atoms with van der Waals surface area (Å²) in [4.78, 5) is 13.3. The molecule has 2 aromatic carbocycles. The Labute approximate surface area is 184 Å². The highest BCUT2D eigenvalue weighted by atomic mass is 35.5. The number of anilines is 1. The van der Waals surface area contributed by atoms with E-state index in [-0.39, 0.29) is 24.4 Å². The van der Waals surface area contributed by atoms with Crippen molar-refractivity contribution in [2.45, 2.75) is 25.6 Å². The van der Waals surface area contributed by atoms with E-state index in [1.807, 2.05) is 0 Å². The summed E-state index contributed by atoms with van der Waals surface area (Å²) in [6.07, 6.45) is -0.00293. The molecule has 9 heteroatoms. The van der Waals surface area contributed by atoms with Gasteiger partial charge in [0, 0.05) is 38.7 Å². The minimum Gasteiger partial charge on any atom is -0.489 e. The SMILES string of the molecule is CC(=O)Nc1ccc(F)cc1OCC(O)CN1CCC(Oc2ccc(Cl)c(Cl)c2)C1. The molecule has 1 heterocycles. The highest BCUT2D eigenvalue weighted by Crippen LogP contribution is 2.28. The molecule has 0 aromatic heterocycles. The largest absolute Gasteiger partial charge is 0.489 e. The first-order chi connectivity index (χ1) is 14.3. The zero-order chi connectivity index (χ0) is 21.7. The molecule has 1 aliphatic rings. The van der Waals surface area contributed by atoms with Gasteiger partial charge in [0.2, 0.25) is 5.91 Å². The molecule has 2 atom stereocenters. The number of β-amino-alcohol motifs (C(OH)–C–C–N with tert-alkyl or cyclic N) is 1. The number of halogens is 3. The maximum absolute atomic E-state index is 13.5. The Morgan fingerprint density at radius 3 is 2.83 bits per heavy atom. The molecule has 0 bridgehead atoms. The number of aliphatic hydroxyl groups excluding tert-OH is 1. The van der Waals surface area contributed by atoms with Crippen LogP contribution < -0.4 is 14.8 Å². The highest BCUT2D eigenvalue weighted by molar-refractivity contribution is 6.42. The van der Waals surface area contributed by atoms with Gasteiger partial charge in [0.1, 0.15) is 36.1 Å². The van der Waals surface area contributed by atoms with E-state index in [1.165, 1.54) is 25.1 Å². The number of benzene rings is 2. The summed E-state index contributed by atoms with van der Waals surface area (Å²) in [7, 11) is 0. The topological polar surface area (TPSA) is 71.0 Å². The Morgan fingerprint density at radius 2 is 2.10 bits per heavy atom. The van der Waals surface area contributed by atoms with Crippen molar-refractivity contribution >= 4 is 34.8 Å². The second-order valence-corrected chi connectivity index (χ2v) is 7.96. The first kappa shape index (κ1) is 22.6. The normalized spacial score (nSPS) is 17.6. The van der Waals surface area contributed by atoms with Crippen LogP contribution in [-0.4, -0.2) is 54.4 Å². The summed E-state index contributed by atoms with van der Waals surface area (Å²) in [5.74, 6) is 0.0377. The van der Waals surface area contributed by atoms with Crippen molar-refractivity contribution in [1.29, 1.82) is 0 Å². The van der Waals surface area contributed by atoms with Gasteiger partial charge in [-0.05, 0) is 30.7 Å². The molecule has 0 spiro atoms. The zero-order valence-electron chi connectivity index (χ0n) is 16.4. The Kier molecular flexibility index (Phi) is 7.77. The first-order valence-corrected chi connectivity index (χ1v) is 10.3. The Hall–Kier alpha value is -2.06. The van der Waals surface area contributed by atoms with E-state index < -0.39 is 11.9 Å². The number of aliphatic hydroxyl groups is 1. The molecule has 1 fully saturated rings. The molecule has 1 aliphatic heterocycles. The van der Waals surface area contributed by atoms with Crippen molar-refractivity contribution in [3.63, 3.8) is 0 Å². The molecule has 0 aliphatic carbocycles. The van der Waals surface area contributed by atoms with Crippen LogP contribution in [0, 0.1) is 5.82 Å². The van der Waals surface area contributed by atoms with Gasteiger partial charge >= 0.3 is 0 Å². The molecule has 2 unspecified atom stereocenters. The Bertz CT molecular complexity index is 899. The summed E-state index contributed by atoms with van der Waals surface area (Å²) in [5.41, 5.74) is 0.354. The monoisotopic (exact) mass is 456 g/mol. The van der Waals surface area contributed by atoms with Crippen molar-refractivity contribution in [3.05, 3.63) is 52.3 Å². The van der Waals surface area contributed by atoms with Gasteiger partial charge in [-0.1, -0.05) is 23.2 Å². The number of rotatable bonds is 8. The van der Waals surface area contributed by atoms with Crippen molar-refractivity contribution in [2.24, 2.45) is 0 Å². The lowest BCUT2D eigenvalue weighted by Crippen LogP contribution is -2.35. The van der Waals surface area contributed by atoms with Gasteiger partial charge in [-0.15, -0.1) is 0 Å². The van der Waals surface area contributed by atoms with Gasteiger partial charge in [0.05, 0.1) is 15.7 Å². The number of nitrogens with one attached hydrogen (secondary N) is 1. The lowest BCUT2D eigenvalue weighted by Gasteiger charge is -2.21. The fourth-order valence-corrected chi connectivity index (χ4v) is 3.54. The molecule has 30 heavy (non-hydrogen) atoms. The molecule has 1 amide bonds. The van der Waals surface area contributed by atoms with Crippen LogP contribution in [0.5, 0.6) is 11.5 Å². The standard InChI is InChI=1S/C21H23Cl2FN2O4/c1-13(27)25-20-5-2-14(24)8-21(20)29-12-15(28)10-26-7-6-17(11-26)30-16-3-4-18(22)19(23)9-16/h2-5,8-9,15,17,28H,6-7,10-12H2,1H3,(H,25,27). The van der Waals surface area contributed by atoms with E-state index in [0.717, 1.165) is 13.0 Å². The third-order valence-electron chi connectivity index (χ3n) is 4.58. The van der Waals surface area contributed by atoms with Crippen LogP contribution >= 0.6 is 23.2 Å². The van der Waals surface area contributed by atoms with E-state index in [9.17, 15) is 14.3 Å². The molecule has 162 valence electrons. The van der Waals surface area contributed by atoms with Crippen molar-refractivity contribution < 1.29 is 23.8 Å². The smallest absolute Gasteiger partial charge is 0.221 e. The van der Waals surface area contributed by atoms with Gasteiger partial charge in [-0.2, -0.15) is 0 Å². The van der Waals surface area contributed by atoms with Crippen LogP contribution in [0.4, 0.5) is 10.1 Å². The number of carbonyl (C=O) groups is 1. The number of carbonyl (C=O) groups excluding carboxylic acids is 1. The summed E-state index contributed by atoms with van der Waals surface area (Å²) in [6, 6.07) is 8.96. The van der Waals surface area contributed by atoms with E-state index in [4.69, 9.17) is 32.7 Å². The van der Waals surface area contributed by atoms with Gasteiger partial charge in [0.25, 0.3) is 0 Å². The van der Waals surface area contributed by atoms with Crippen LogP contribution in [0.15, 0.2) is 36.4 Å². The molecule has 6 nitrogen and oxygen atoms in total. The molecule has 3 rings (SSSR count). The van der Waals surface area contributed by atoms with E-state index in [1.54, 1.807) is 18.2 Å². The molecule has 2 aromatic rings. The second kappa shape index (κ2) is 10.3. The lowest BCUT2D eigenvalue weighted by molar-refractivity contribution is -0.114. The third kappa shape index (κ3) is 6.47. The number of amides is 1. The second-order valence-electron chi connectivity index (χ2n) is 7.15. The molecule has 0 radical (unpaired) electrons. The average molecular weight is 457 g/mol. The summed E-state index contributed by atoms with van der Waals surface area (Å²) < 4.78 is 25.0. The molecule has 2 N–H and O–H groups in total.